The summed E-state index contributed by atoms with van der Waals surface area (Å²) in [5.74, 6) is 0.698. The zero-order valence-electron chi connectivity index (χ0n) is 11.5. The van der Waals surface area contributed by atoms with Crippen molar-refractivity contribution < 1.29 is 0 Å². The minimum atomic E-state index is 0.242. The van der Waals surface area contributed by atoms with Gasteiger partial charge in [0.05, 0.1) is 12.5 Å². The Morgan fingerprint density at radius 3 is 2.84 bits per heavy atom. The molecule has 1 aromatic carbocycles. The van der Waals surface area contributed by atoms with E-state index in [1.165, 1.54) is 18.4 Å². The molecule has 19 heavy (non-hydrogen) atoms. The Labute approximate surface area is 116 Å². The second-order valence-electron chi connectivity index (χ2n) is 5.37. The summed E-state index contributed by atoms with van der Waals surface area (Å²) in [5, 5.41) is 9.10. The molecule has 0 saturated carbocycles. The average Bonchev–Trinajstić information content (AvgIpc) is 2.46. The van der Waals surface area contributed by atoms with Crippen molar-refractivity contribution in [2.24, 2.45) is 11.7 Å². The van der Waals surface area contributed by atoms with Crippen LogP contribution in [0.2, 0.25) is 0 Å². The van der Waals surface area contributed by atoms with E-state index in [1.54, 1.807) is 0 Å². The quantitative estimate of drug-likeness (QED) is 0.882. The van der Waals surface area contributed by atoms with Gasteiger partial charge in [-0.3, -0.25) is 4.90 Å². The van der Waals surface area contributed by atoms with E-state index in [0.29, 0.717) is 12.3 Å². The van der Waals surface area contributed by atoms with Crippen molar-refractivity contribution in [1.82, 2.24) is 4.90 Å². The Kier molecular flexibility index (Phi) is 5.38. The van der Waals surface area contributed by atoms with Gasteiger partial charge in [-0.05, 0) is 43.8 Å². The summed E-state index contributed by atoms with van der Waals surface area (Å²) in [7, 11) is 0. The molecule has 102 valence electrons. The van der Waals surface area contributed by atoms with Crippen molar-refractivity contribution in [2.75, 3.05) is 19.6 Å². The van der Waals surface area contributed by atoms with Gasteiger partial charge >= 0.3 is 0 Å². The normalized spacial score (nSPS) is 21.8. The van der Waals surface area contributed by atoms with Crippen LogP contribution in [0.1, 0.15) is 37.3 Å². The summed E-state index contributed by atoms with van der Waals surface area (Å²) in [6.45, 7) is 2.95. The summed E-state index contributed by atoms with van der Waals surface area (Å²) in [6, 6.07) is 13.0. The number of hydrogen-bond donors (Lipinski definition) is 1. The molecule has 1 saturated heterocycles. The number of piperidine rings is 1. The first-order valence-electron chi connectivity index (χ1n) is 7.21. The number of nitrogens with zero attached hydrogens (tertiary/aromatic N) is 2. The lowest BCUT2D eigenvalue weighted by Gasteiger charge is -2.37. The Morgan fingerprint density at radius 1 is 1.37 bits per heavy atom. The highest BCUT2D eigenvalue weighted by molar-refractivity contribution is 5.20. The molecule has 0 aliphatic carbocycles. The van der Waals surface area contributed by atoms with Crippen LogP contribution in [-0.2, 0) is 0 Å². The largest absolute Gasteiger partial charge is 0.330 e. The smallest absolute Gasteiger partial charge is 0.0641 e. The zero-order valence-corrected chi connectivity index (χ0v) is 11.5. The first-order valence-corrected chi connectivity index (χ1v) is 7.21. The highest BCUT2D eigenvalue weighted by atomic mass is 15.2. The van der Waals surface area contributed by atoms with E-state index in [-0.39, 0.29) is 6.04 Å². The SMILES string of the molecule is N#CCC(c1ccccc1)N1CCCC(CCN)C1. The van der Waals surface area contributed by atoms with Crippen molar-refractivity contribution in [1.29, 1.82) is 5.26 Å². The number of hydrogen-bond acceptors (Lipinski definition) is 3. The highest BCUT2D eigenvalue weighted by Gasteiger charge is 2.26. The van der Waals surface area contributed by atoms with Crippen LogP contribution in [0.25, 0.3) is 0 Å². The van der Waals surface area contributed by atoms with Crippen molar-refractivity contribution in [2.45, 2.75) is 31.7 Å². The fraction of sp³-hybridized carbons (Fsp3) is 0.562. The fourth-order valence-corrected chi connectivity index (χ4v) is 3.07. The summed E-state index contributed by atoms with van der Waals surface area (Å²) < 4.78 is 0. The molecule has 3 heteroatoms. The molecule has 0 spiro atoms. The molecule has 0 aromatic heterocycles. The van der Waals surface area contributed by atoms with Gasteiger partial charge in [0.25, 0.3) is 0 Å². The third-order valence-electron chi connectivity index (χ3n) is 4.04. The topological polar surface area (TPSA) is 53.0 Å². The number of likely N-dealkylation sites (tertiary alicyclic amines) is 1. The summed E-state index contributed by atoms with van der Waals surface area (Å²) in [4.78, 5) is 2.47. The van der Waals surface area contributed by atoms with Crippen molar-refractivity contribution in [3.63, 3.8) is 0 Å². The van der Waals surface area contributed by atoms with Crippen molar-refractivity contribution in [3.05, 3.63) is 35.9 Å². The van der Waals surface area contributed by atoms with Crippen LogP contribution in [0.5, 0.6) is 0 Å². The fourth-order valence-electron chi connectivity index (χ4n) is 3.07. The molecular weight excluding hydrogens is 234 g/mol. The maximum atomic E-state index is 9.10. The van der Waals surface area contributed by atoms with Crippen molar-refractivity contribution in [3.8, 4) is 6.07 Å². The van der Waals surface area contributed by atoms with Crippen LogP contribution >= 0.6 is 0 Å². The molecule has 0 amide bonds. The predicted octanol–water partition coefficient (Wildman–Crippen LogP) is 2.70. The third-order valence-corrected chi connectivity index (χ3v) is 4.04. The van der Waals surface area contributed by atoms with Gasteiger partial charge in [0, 0.05) is 12.6 Å². The van der Waals surface area contributed by atoms with Crippen LogP contribution in [0.3, 0.4) is 0 Å². The van der Waals surface area contributed by atoms with Crippen LogP contribution in [0.15, 0.2) is 30.3 Å². The Morgan fingerprint density at radius 2 is 2.16 bits per heavy atom. The molecule has 2 unspecified atom stereocenters. The van der Waals surface area contributed by atoms with Gasteiger partial charge in [-0.15, -0.1) is 0 Å². The minimum absolute atomic E-state index is 0.242. The highest BCUT2D eigenvalue weighted by Crippen LogP contribution is 2.30. The van der Waals surface area contributed by atoms with E-state index in [1.807, 2.05) is 6.07 Å². The Bertz CT molecular complexity index is 408. The molecule has 0 radical (unpaired) electrons. The van der Waals surface area contributed by atoms with E-state index >= 15 is 0 Å². The molecule has 2 rings (SSSR count). The average molecular weight is 257 g/mol. The molecule has 1 aromatic rings. The number of rotatable bonds is 5. The van der Waals surface area contributed by atoms with Crippen LogP contribution in [-0.4, -0.2) is 24.5 Å². The van der Waals surface area contributed by atoms with Gasteiger partial charge in [0.2, 0.25) is 0 Å². The Balaban J connectivity index is 2.09. The predicted molar refractivity (Wildman–Crippen MR) is 77.4 cm³/mol. The first-order chi connectivity index (χ1) is 9.35. The Hall–Kier alpha value is -1.37. The zero-order chi connectivity index (χ0) is 13.5. The minimum Gasteiger partial charge on any atom is -0.330 e. The second-order valence-corrected chi connectivity index (χ2v) is 5.37. The lowest BCUT2D eigenvalue weighted by Crippen LogP contribution is -2.38. The van der Waals surface area contributed by atoms with E-state index < -0.39 is 0 Å². The van der Waals surface area contributed by atoms with E-state index in [2.05, 4.69) is 35.2 Å². The standard InChI is InChI=1S/C16H23N3/c17-10-8-14-5-4-12-19(13-14)16(9-11-18)15-6-2-1-3-7-15/h1-3,6-7,14,16H,4-5,8-10,12-13,17H2. The summed E-state index contributed by atoms with van der Waals surface area (Å²) in [5.41, 5.74) is 6.94. The molecular formula is C16H23N3. The molecule has 1 aliphatic heterocycles. The number of nitriles is 1. The molecule has 1 heterocycles. The van der Waals surface area contributed by atoms with Gasteiger partial charge < -0.3 is 5.73 Å². The van der Waals surface area contributed by atoms with Gasteiger partial charge in [-0.25, -0.2) is 0 Å². The first kappa shape index (κ1) is 14.0. The molecule has 1 fully saturated rings. The van der Waals surface area contributed by atoms with E-state index in [9.17, 15) is 0 Å². The molecule has 2 atom stereocenters. The number of nitrogens with two attached hydrogens (primary N) is 1. The molecule has 2 N–H and O–H groups in total. The van der Waals surface area contributed by atoms with Crippen LogP contribution in [0.4, 0.5) is 0 Å². The molecule has 3 nitrogen and oxygen atoms in total. The van der Waals surface area contributed by atoms with Crippen LogP contribution in [0, 0.1) is 17.2 Å². The van der Waals surface area contributed by atoms with Crippen molar-refractivity contribution >= 4 is 0 Å². The second kappa shape index (κ2) is 7.28. The summed E-state index contributed by atoms with van der Waals surface area (Å²) >= 11 is 0. The van der Waals surface area contributed by atoms with Gasteiger partial charge in [0.1, 0.15) is 0 Å². The van der Waals surface area contributed by atoms with Gasteiger partial charge in [-0.2, -0.15) is 5.26 Å². The van der Waals surface area contributed by atoms with Gasteiger partial charge in [-0.1, -0.05) is 30.3 Å². The van der Waals surface area contributed by atoms with Crippen LogP contribution < -0.4 is 5.73 Å². The van der Waals surface area contributed by atoms with E-state index in [4.69, 9.17) is 11.0 Å². The molecule has 1 aliphatic rings. The maximum absolute atomic E-state index is 9.10. The van der Waals surface area contributed by atoms with E-state index in [0.717, 1.165) is 26.1 Å². The monoisotopic (exact) mass is 257 g/mol. The third kappa shape index (κ3) is 3.79. The molecule has 0 bridgehead atoms. The van der Waals surface area contributed by atoms with Gasteiger partial charge in [0.15, 0.2) is 0 Å². The maximum Gasteiger partial charge on any atom is 0.0641 e. The lowest BCUT2D eigenvalue weighted by molar-refractivity contribution is 0.121. The summed E-state index contributed by atoms with van der Waals surface area (Å²) in [6.07, 6.45) is 4.17. The lowest BCUT2D eigenvalue weighted by atomic mass is 9.91. The number of benzene rings is 1.